The second-order valence-corrected chi connectivity index (χ2v) is 9.59. The van der Waals surface area contributed by atoms with E-state index in [4.69, 9.17) is 0 Å². The zero-order chi connectivity index (χ0) is 22.9. The summed E-state index contributed by atoms with van der Waals surface area (Å²) < 4.78 is 3.54. The second kappa shape index (κ2) is 9.02. The maximum Gasteiger partial charge on any atom is 0.267 e. The fraction of sp³-hybridized carbons (Fsp3) is 0.360. The predicted molar refractivity (Wildman–Crippen MR) is 131 cm³/mol. The number of aryl methyl sites for hydroxylation is 2. The van der Waals surface area contributed by atoms with E-state index in [9.17, 15) is 9.59 Å². The quantitative estimate of drug-likeness (QED) is 0.427. The van der Waals surface area contributed by atoms with Gasteiger partial charge >= 0.3 is 0 Å². The van der Waals surface area contributed by atoms with Crippen molar-refractivity contribution < 1.29 is 4.79 Å². The van der Waals surface area contributed by atoms with Gasteiger partial charge in [-0.05, 0) is 56.0 Å². The highest BCUT2D eigenvalue weighted by molar-refractivity contribution is 7.99. The summed E-state index contributed by atoms with van der Waals surface area (Å²) in [5.41, 5.74) is 3.45. The van der Waals surface area contributed by atoms with Crippen LogP contribution in [0, 0.1) is 13.8 Å². The van der Waals surface area contributed by atoms with Gasteiger partial charge in [-0.25, -0.2) is 4.57 Å². The summed E-state index contributed by atoms with van der Waals surface area (Å²) in [6.07, 6.45) is 4.51. The van der Waals surface area contributed by atoms with E-state index in [2.05, 4.69) is 10.2 Å². The monoisotopic (exact) mass is 461 g/mol. The molecule has 0 spiro atoms. The first-order chi connectivity index (χ1) is 16.0. The normalized spacial score (nSPS) is 14.7. The lowest BCUT2D eigenvalue weighted by Crippen LogP contribution is -2.33. The highest BCUT2D eigenvalue weighted by Crippen LogP contribution is 2.25. The summed E-state index contributed by atoms with van der Waals surface area (Å²) in [5, 5.41) is 10.0. The molecule has 0 unspecified atom stereocenters. The fourth-order valence-corrected chi connectivity index (χ4v) is 5.33. The van der Waals surface area contributed by atoms with Gasteiger partial charge in [-0.2, -0.15) is 0 Å². The molecule has 0 bridgehead atoms. The molecule has 0 N–H and O–H groups in total. The Morgan fingerprint density at radius 3 is 2.55 bits per heavy atom. The van der Waals surface area contributed by atoms with E-state index in [1.165, 1.54) is 24.6 Å². The minimum absolute atomic E-state index is 0.128. The average Bonchev–Trinajstić information content (AvgIpc) is 3.04. The molecule has 0 atom stereocenters. The number of hydrogen-bond donors (Lipinski definition) is 0. The first kappa shape index (κ1) is 21.7. The molecule has 8 heteroatoms. The Labute approximate surface area is 196 Å². The van der Waals surface area contributed by atoms with Crippen molar-refractivity contribution in [3.05, 3.63) is 63.9 Å². The molecule has 1 saturated heterocycles. The number of carbonyl (C=O) groups excluding carboxylic acids is 1. The summed E-state index contributed by atoms with van der Waals surface area (Å²) >= 11 is 1.38. The second-order valence-electron chi connectivity index (χ2n) is 8.65. The molecular weight excluding hydrogens is 434 g/mol. The van der Waals surface area contributed by atoms with Crippen LogP contribution in [0.15, 0.2) is 52.4 Å². The number of likely N-dealkylation sites (tertiary alicyclic amines) is 1. The molecule has 3 heterocycles. The highest BCUT2D eigenvalue weighted by atomic mass is 32.2. The molecule has 0 saturated carbocycles. The Morgan fingerprint density at radius 2 is 1.76 bits per heavy atom. The zero-order valence-electron chi connectivity index (χ0n) is 19.0. The van der Waals surface area contributed by atoms with E-state index in [1.54, 1.807) is 4.57 Å². The summed E-state index contributed by atoms with van der Waals surface area (Å²) in [7, 11) is 0. The van der Waals surface area contributed by atoms with Gasteiger partial charge in [0.2, 0.25) is 11.7 Å². The van der Waals surface area contributed by atoms with Gasteiger partial charge in [-0.15, -0.1) is 10.2 Å². The number of hydrogen-bond acceptors (Lipinski definition) is 5. The SMILES string of the molecule is Cc1ccc(C)c(-n2c(=O)c3ccccc3n3c(SCC(=O)N4CCCCCC4)nnc23)c1. The predicted octanol–water partition coefficient (Wildman–Crippen LogP) is 4.14. The topological polar surface area (TPSA) is 72.5 Å². The molecule has 5 rings (SSSR count). The average molecular weight is 462 g/mol. The van der Waals surface area contributed by atoms with Crippen LogP contribution in [-0.4, -0.2) is 48.8 Å². The molecule has 2 aromatic heterocycles. The molecule has 1 fully saturated rings. The van der Waals surface area contributed by atoms with Gasteiger partial charge < -0.3 is 4.90 Å². The van der Waals surface area contributed by atoms with E-state index in [0.29, 0.717) is 22.1 Å². The summed E-state index contributed by atoms with van der Waals surface area (Å²) in [4.78, 5) is 28.4. The largest absolute Gasteiger partial charge is 0.342 e. The number of carbonyl (C=O) groups is 1. The third-order valence-electron chi connectivity index (χ3n) is 6.28. The Kier molecular flexibility index (Phi) is 5.93. The van der Waals surface area contributed by atoms with Crippen molar-refractivity contribution in [1.29, 1.82) is 0 Å². The molecule has 33 heavy (non-hydrogen) atoms. The number of para-hydroxylation sites is 1. The highest BCUT2D eigenvalue weighted by Gasteiger charge is 2.21. The van der Waals surface area contributed by atoms with Gasteiger partial charge in [0.1, 0.15) is 0 Å². The Bertz CT molecular complexity index is 1400. The molecule has 1 aliphatic heterocycles. The van der Waals surface area contributed by atoms with Gasteiger partial charge in [-0.1, -0.05) is 48.9 Å². The first-order valence-corrected chi connectivity index (χ1v) is 12.4. The van der Waals surface area contributed by atoms with Crippen molar-refractivity contribution in [2.75, 3.05) is 18.8 Å². The molecule has 0 radical (unpaired) electrons. The number of benzene rings is 2. The standard InChI is InChI=1S/C25H27N5O2S/c1-17-11-12-18(2)21(15-17)29-23(32)19-9-5-6-10-20(19)30-24(29)26-27-25(30)33-16-22(31)28-13-7-3-4-8-14-28/h5-6,9-12,15H,3-4,7-8,13-14,16H2,1-2H3. The minimum Gasteiger partial charge on any atom is -0.342 e. The van der Waals surface area contributed by atoms with Crippen LogP contribution >= 0.6 is 11.8 Å². The van der Waals surface area contributed by atoms with E-state index >= 15 is 0 Å². The van der Waals surface area contributed by atoms with E-state index in [0.717, 1.165) is 48.3 Å². The van der Waals surface area contributed by atoms with Crippen molar-refractivity contribution in [3.63, 3.8) is 0 Å². The summed E-state index contributed by atoms with van der Waals surface area (Å²) in [5.74, 6) is 0.889. The lowest BCUT2D eigenvalue weighted by atomic mass is 10.1. The molecule has 4 aromatic rings. The van der Waals surface area contributed by atoms with Crippen LogP contribution in [0.4, 0.5) is 0 Å². The Balaban J connectivity index is 1.61. The number of rotatable bonds is 4. The van der Waals surface area contributed by atoms with Crippen LogP contribution in [0.1, 0.15) is 36.8 Å². The lowest BCUT2D eigenvalue weighted by molar-refractivity contribution is -0.128. The lowest BCUT2D eigenvalue weighted by Gasteiger charge is -2.19. The molecule has 0 aliphatic carbocycles. The van der Waals surface area contributed by atoms with Gasteiger partial charge in [0.15, 0.2) is 5.16 Å². The number of amides is 1. The van der Waals surface area contributed by atoms with Crippen molar-refractivity contribution in [2.45, 2.75) is 44.7 Å². The number of thioether (sulfide) groups is 1. The van der Waals surface area contributed by atoms with Gasteiger partial charge in [-0.3, -0.25) is 14.0 Å². The van der Waals surface area contributed by atoms with Crippen LogP contribution in [0.3, 0.4) is 0 Å². The smallest absolute Gasteiger partial charge is 0.267 e. The maximum atomic E-state index is 13.5. The minimum atomic E-state index is -0.128. The van der Waals surface area contributed by atoms with E-state index in [-0.39, 0.29) is 11.5 Å². The van der Waals surface area contributed by atoms with Crippen molar-refractivity contribution in [3.8, 4) is 5.69 Å². The van der Waals surface area contributed by atoms with Gasteiger partial charge in [0, 0.05) is 13.1 Å². The van der Waals surface area contributed by atoms with E-state index in [1.807, 2.05) is 65.6 Å². The van der Waals surface area contributed by atoms with Crippen LogP contribution in [0.5, 0.6) is 0 Å². The molecule has 1 aliphatic rings. The van der Waals surface area contributed by atoms with Crippen LogP contribution in [0.2, 0.25) is 0 Å². The molecular formula is C25H27N5O2S. The van der Waals surface area contributed by atoms with E-state index < -0.39 is 0 Å². The Morgan fingerprint density at radius 1 is 1.00 bits per heavy atom. The third-order valence-corrected chi connectivity index (χ3v) is 7.20. The Hall–Kier alpha value is -3.13. The van der Waals surface area contributed by atoms with Crippen LogP contribution in [0.25, 0.3) is 22.4 Å². The van der Waals surface area contributed by atoms with Gasteiger partial charge in [0.25, 0.3) is 5.56 Å². The molecule has 1 amide bonds. The maximum absolute atomic E-state index is 13.5. The summed E-state index contributed by atoms with van der Waals surface area (Å²) in [6, 6.07) is 13.5. The number of nitrogens with zero attached hydrogens (tertiary/aromatic N) is 5. The number of aromatic nitrogens is 4. The third kappa shape index (κ3) is 4.04. The number of fused-ring (bicyclic) bond motifs is 3. The molecule has 2 aromatic carbocycles. The molecule has 7 nitrogen and oxygen atoms in total. The zero-order valence-corrected chi connectivity index (χ0v) is 19.8. The van der Waals surface area contributed by atoms with Crippen LogP contribution < -0.4 is 5.56 Å². The van der Waals surface area contributed by atoms with Crippen molar-refractivity contribution in [1.82, 2.24) is 24.1 Å². The van der Waals surface area contributed by atoms with Crippen LogP contribution in [-0.2, 0) is 4.79 Å². The van der Waals surface area contributed by atoms with Crippen molar-refractivity contribution in [2.24, 2.45) is 0 Å². The first-order valence-electron chi connectivity index (χ1n) is 11.4. The van der Waals surface area contributed by atoms with Gasteiger partial charge in [0.05, 0.1) is 22.3 Å². The van der Waals surface area contributed by atoms with Crippen molar-refractivity contribution >= 4 is 34.3 Å². The fourth-order valence-electron chi connectivity index (χ4n) is 4.49. The molecule has 170 valence electrons. The summed E-state index contributed by atoms with van der Waals surface area (Å²) in [6.45, 7) is 5.65.